The lowest BCUT2D eigenvalue weighted by Gasteiger charge is -2.37. The third kappa shape index (κ3) is 1.57. The molecule has 0 amide bonds. The molecule has 64 valence electrons. The van der Waals surface area contributed by atoms with Crippen molar-refractivity contribution in [1.82, 2.24) is 0 Å². The molecule has 0 N–H and O–H groups in total. The third-order valence-electron chi connectivity index (χ3n) is 2.27. The van der Waals surface area contributed by atoms with Gasteiger partial charge in [-0.1, -0.05) is 0 Å². The van der Waals surface area contributed by atoms with Crippen molar-refractivity contribution in [3.05, 3.63) is 0 Å². The van der Waals surface area contributed by atoms with Crippen LogP contribution >= 0.6 is 0 Å². The van der Waals surface area contributed by atoms with Crippen molar-refractivity contribution in [1.29, 1.82) is 0 Å². The minimum Gasteiger partial charge on any atom is -0.372 e. The lowest BCUT2D eigenvalue weighted by molar-refractivity contribution is -0.117. The first kappa shape index (κ1) is 7.56. The molecular weight excluding hydrogens is 140 g/mol. The summed E-state index contributed by atoms with van der Waals surface area (Å²) in [6.07, 6.45) is 2.69. The van der Waals surface area contributed by atoms with Gasteiger partial charge in [-0.2, -0.15) is 0 Å². The molecule has 1 saturated heterocycles. The van der Waals surface area contributed by atoms with Gasteiger partial charge in [0.1, 0.15) is 0 Å². The fourth-order valence-electron chi connectivity index (χ4n) is 1.69. The van der Waals surface area contributed by atoms with Crippen LogP contribution in [0.1, 0.15) is 33.6 Å². The van der Waals surface area contributed by atoms with Crippen LogP contribution < -0.4 is 0 Å². The van der Waals surface area contributed by atoms with E-state index in [2.05, 4.69) is 20.8 Å². The predicted octanol–water partition coefficient (Wildman–Crippen LogP) is 1.73. The van der Waals surface area contributed by atoms with Crippen LogP contribution in [-0.2, 0) is 9.47 Å². The van der Waals surface area contributed by atoms with Crippen LogP contribution in [0.4, 0.5) is 0 Å². The van der Waals surface area contributed by atoms with Crippen molar-refractivity contribution < 1.29 is 9.47 Å². The zero-order chi connectivity index (χ0) is 8.11. The van der Waals surface area contributed by atoms with E-state index in [0.29, 0.717) is 6.10 Å². The molecule has 11 heavy (non-hydrogen) atoms. The molecule has 1 spiro atoms. The van der Waals surface area contributed by atoms with Gasteiger partial charge >= 0.3 is 0 Å². The van der Waals surface area contributed by atoms with Crippen LogP contribution in [0.15, 0.2) is 0 Å². The Morgan fingerprint density at radius 2 is 1.91 bits per heavy atom. The van der Waals surface area contributed by atoms with E-state index in [4.69, 9.17) is 9.47 Å². The Hall–Kier alpha value is -0.0800. The molecule has 1 saturated carbocycles. The van der Waals surface area contributed by atoms with Crippen LogP contribution in [0.3, 0.4) is 0 Å². The standard InChI is InChI=1S/C9H16O2/c1-8(2,3)11-7-4-9(5-7)6-10-9/h7H,4-6H2,1-3H3. The number of ether oxygens (including phenoxy) is 2. The first-order valence-corrected chi connectivity index (χ1v) is 4.31. The normalized spacial score (nSPS) is 42.3. The van der Waals surface area contributed by atoms with Gasteiger partial charge in [0, 0.05) is 12.8 Å². The fourth-order valence-corrected chi connectivity index (χ4v) is 1.69. The molecule has 1 heterocycles. The van der Waals surface area contributed by atoms with E-state index in [9.17, 15) is 0 Å². The van der Waals surface area contributed by atoms with E-state index in [1.807, 2.05) is 0 Å². The summed E-state index contributed by atoms with van der Waals surface area (Å²) in [6, 6.07) is 0. The highest BCUT2D eigenvalue weighted by molar-refractivity contribution is 5.05. The molecule has 0 atom stereocenters. The summed E-state index contributed by atoms with van der Waals surface area (Å²) >= 11 is 0. The Morgan fingerprint density at radius 3 is 2.27 bits per heavy atom. The number of hydrogen-bond acceptors (Lipinski definition) is 2. The summed E-state index contributed by atoms with van der Waals surface area (Å²) < 4.78 is 11.1. The fraction of sp³-hybridized carbons (Fsp3) is 1.00. The molecule has 0 radical (unpaired) electrons. The molecule has 1 aliphatic heterocycles. The van der Waals surface area contributed by atoms with Crippen LogP contribution in [0.2, 0.25) is 0 Å². The minimum absolute atomic E-state index is 0.0150. The maximum atomic E-state index is 5.77. The first-order valence-electron chi connectivity index (χ1n) is 4.31. The second-order valence-corrected chi connectivity index (χ2v) is 4.73. The molecule has 1 aliphatic carbocycles. The van der Waals surface area contributed by atoms with Gasteiger partial charge < -0.3 is 9.47 Å². The molecule has 0 aromatic rings. The Bertz CT molecular complexity index is 157. The van der Waals surface area contributed by atoms with Crippen LogP contribution in [0.5, 0.6) is 0 Å². The summed E-state index contributed by atoms with van der Waals surface area (Å²) in [5, 5.41) is 0. The smallest absolute Gasteiger partial charge is 0.0965 e. The lowest BCUT2D eigenvalue weighted by Crippen LogP contribution is -2.42. The van der Waals surface area contributed by atoms with Gasteiger partial charge in [-0.3, -0.25) is 0 Å². The van der Waals surface area contributed by atoms with Crippen molar-refractivity contribution in [2.75, 3.05) is 6.61 Å². The van der Waals surface area contributed by atoms with Crippen LogP contribution in [-0.4, -0.2) is 23.9 Å². The average Bonchev–Trinajstić information content (AvgIpc) is 2.38. The summed E-state index contributed by atoms with van der Waals surface area (Å²) in [7, 11) is 0. The van der Waals surface area contributed by atoms with Crippen molar-refractivity contribution in [3.8, 4) is 0 Å². The highest BCUT2D eigenvalue weighted by Crippen LogP contribution is 2.48. The Morgan fingerprint density at radius 1 is 1.36 bits per heavy atom. The maximum Gasteiger partial charge on any atom is 0.0965 e. The summed E-state index contributed by atoms with van der Waals surface area (Å²) in [5.74, 6) is 0. The van der Waals surface area contributed by atoms with Crippen molar-refractivity contribution in [2.45, 2.75) is 50.9 Å². The lowest BCUT2D eigenvalue weighted by atomic mass is 9.82. The molecule has 2 aliphatic rings. The van der Waals surface area contributed by atoms with Crippen molar-refractivity contribution >= 4 is 0 Å². The average molecular weight is 156 g/mol. The predicted molar refractivity (Wildman–Crippen MR) is 42.5 cm³/mol. The molecule has 2 rings (SSSR count). The zero-order valence-corrected chi connectivity index (χ0v) is 7.52. The molecule has 2 nitrogen and oxygen atoms in total. The molecule has 0 aromatic heterocycles. The second-order valence-electron chi connectivity index (χ2n) is 4.73. The monoisotopic (exact) mass is 156 g/mol. The van der Waals surface area contributed by atoms with Gasteiger partial charge in [-0.15, -0.1) is 0 Å². The highest BCUT2D eigenvalue weighted by atomic mass is 16.6. The highest BCUT2D eigenvalue weighted by Gasteiger charge is 2.56. The molecule has 0 unspecified atom stereocenters. The van der Waals surface area contributed by atoms with Gasteiger partial charge in [0.25, 0.3) is 0 Å². The van der Waals surface area contributed by atoms with Gasteiger partial charge in [-0.05, 0) is 20.8 Å². The number of rotatable bonds is 1. The first-order chi connectivity index (χ1) is 4.99. The number of epoxide rings is 1. The third-order valence-corrected chi connectivity index (χ3v) is 2.27. The van der Waals surface area contributed by atoms with Crippen LogP contribution in [0, 0.1) is 0 Å². The maximum absolute atomic E-state index is 5.77. The number of hydrogen-bond donors (Lipinski definition) is 0. The Labute approximate surface area is 67.9 Å². The molecular formula is C9H16O2. The largest absolute Gasteiger partial charge is 0.372 e. The topological polar surface area (TPSA) is 21.8 Å². The zero-order valence-electron chi connectivity index (χ0n) is 7.52. The molecule has 2 fully saturated rings. The van der Waals surface area contributed by atoms with E-state index in [1.54, 1.807) is 0 Å². The van der Waals surface area contributed by atoms with Gasteiger partial charge in [0.05, 0.1) is 23.9 Å². The van der Waals surface area contributed by atoms with Gasteiger partial charge in [-0.25, -0.2) is 0 Å². The Kier molecular flexibility index (Phi) is 1.37. The van der Waals surface area contributed by atoms with Gasteiger partial charge in [0.15, 0.2) is 0 Å². The quantitative estimate of drug-likeness (QED) is 0.539. The molecule has 0 bridgehead atoms. The SMILES string of the molecule is CC(C)(C)OC1CC2(CO2)C1. The van der Waals surface area contributed by atoms with Crippen molar-refractivity contribution in [3.63, 3.8) is 0 Å². The Balaban J connectivity index is 1.75. The summed E-state index contributed by atoms with van der Waals surface area (Å²) in [6.45, 7) is 7.28. The van der Waals surface area contributed by atoms with E-state index in [0.717, 1.165) is 19.4 Å². The van der Waals surface area contributed by atoms with Gasteiger partial charge in [0.2, 0.25) is 0 Å². The second kappa shape index (κ2) is 1.99. The summed E-state index contributed by atoms with van der Waals surface area (Å²) in [5.41, 5.74) is 0.303. The minimum atomic E-state index is 0.0150. The van der Waals surface area contributed by atoms with Crippen molar-refractivity contribution in [2.24, 2.45) is 0 Å². The van der Waals surface area contributed by atoms with E-state index < -0.39 is 0 Å². The van der Waals surface area contributed by atoms with E-state index in [-0.39, 0.29) is 11.2 Å². The molecule has 2 heteroatoms. The molecule has 0 aromatic carbocycles. The van der Waals surface area contributed by atoms with Crippen LogP contribution in [0.25, 0.3) is 0 Å². The van der Waals surface area contributed by atoms with E-state index >= 15 is 0 Å². The summed E-state index contributed by atoms with van der Waals surface area (Å²) in [4.78, 5) is 0. The van der Waals surface area contributed by atoms with E-state index in [1.165, 1.54) is 0 Å².